The standard InChI is InChI=1S/C29H19BrCl2N2O4S/c1-37-24-13-19(21(30)14-25(24)38-15-16-9-10-17-5-2-3-6-18(17)11-16)12-20-27(35)33-29(39)34(28(20)36)23-8-4-7-22(31)26(23)32/h2-14H,15H2,1H3,(H,33,35,39)/b20-12+. The number of fused-ring (bicyclic) bond motifs is 1. The van der Waals surface area contributed by atoms with Crippen LogP contribution < -0.4 is 19.7 Å². The minimum Gasteiger partial charge on any atom is -0.493 e. The number of ether oxygens (including phenoxy) is 2. The largest absolute Gasteiger partial charge is 0.493 e. The van der Waals surface area contributed by atoms with Crippen LogP contribution in [0.5, 0.6) is 11.5 Å². The fourth-order valence-electron chi connectivity index (χ4n) is 4.12. The van der Waals surface area contributed by atoms with Crippen LogP contribution in [-0.4, -0.2) is 24.0 Å². The van der Waals surface area contributed by atoms with Gasteiger partial charge in [-0.15, -0.1) is 0 Å². The normalized spacial score (nSPS) is 14.6. The summed E-state index contributed by atoms with van der Waals surface area (Å²) < 4.78 is 12.2. The van der Waals surface area contributed by atoms with Crippen LogP contribution in [0.3, 0.4) is 0 Å². The Morgan fingerprint density at radius 3 is 2.51 bits per heavy atom. The summed E-state index contributed by atoms with van der Waals surface area (Å²) >= 11 is 21.3. The molecule has 0 atom stereocenters. The second kappa shape index (κ2) is 11.4. The van der Waals surface area contributed by atoms with Crippen LogP contribution in [0, 0.1) is 0 Å². The van der Waals surface area contributed by atoms with Crippen LogP contribution in [0.4, 0.5) is 5.69 Å². The van der Waals surface area contributed by atoms with Crippen molar-refractivity contribution in [3.8, 4) is 11.5 Å². The van der Waals surface area contributed by atoms with Crippen molar-refractivity contribution in [3.63, 3.8) is 0 Å². The molecule has 0 bridgehead atoms. The predicted octanol–water partition coefficient (Wildman–Crippen LogP) is 7.33. The van der Waals surface area contributed by atoms with Gasteiger partial charge in [0.2, 0.25) is 0 Å². The van der Waals surface area contributed by atoms with Gasteiger partial charge in [0.05, 0.1) is 22.8 Å². The molecule has 196 valence electrons. The molecule has 1 heterocycles. The van der Waals surface area contributed by atoms with Crippen molar-refractivity contribution in [2.24, 2.45) is 0 Å². The molecule has 0 radical (unpaired) electrons. The lowest BCUT2D eigenvalue weighted by molar-refractivity contribution is -0.122. The smallest absolute Gasteiger partial charge is 0.270 e. The monoisotopic (exact) mass is 640 g/mol. The highest BCUT2D eigenvalue weighted by molar-refractivity contribution is 9.10. The quantitative estimate of drug-likeness (QED) is 0.136. The van der Waals surface area contributed by atoms with E-state index in [2.05, 4.69) is 39.4 Å². The Labute approximate surface area is 248 Å². The number of nitrogens with zero attached hydrogens (tertiary/aromatic N) is 1. The number of amides is 2. The molecule has 4 aromatic rings. The third-order valence-electron chi connectivity index (χ3n) is 6.06. The summed E-state index contributed by atoms with van der Waals surface area (Å²) in [5, 5.41) is 5.11. The van der Waals surface area contributed by atoms with Gasteiger partial charge in [0.15, 0.2) is 16.6 Å². The first kappa shape index (κ1) is 27.1. The molecule has 0 unspecified atom stereocenters. The predicted molar refractivity (Wildman–Crippen MR) is 162 cm³/mol. The Hall–Kier alpha value is -3.43. The van der Waals surface area contributed by atoms with Crippen molar-refractivity contribution in [2.45, 2.75) is 6.61 Å². The van der Waals surface area contributed by atoms with Crippen LogP contribution in [0.1, 0.15) is 11.1 Å². The first-order chi connectivity index (χ1) is 18.8. The Bertz CT molecular complexity index is 1690. The maximum atomic E-state index is 13.4. The van der Waals surface area contributed by atoms with Gasteiger partial charge >= 0.3 is 0 Å². The second-order valence-electron chi connectivity index (χ2n) is 8.53. The van der Waals surface area contributed by atoms with Crippen molar-refractivity contribution >= 4 is 90.8 Å². The number of halogens is 3. The van der Waals surface area contributed by atoms with Gasteiger partial charge in [0, 0.05) is 4.47 Å². The molecule has 0 spiro atoms. The van der Waals surface area contributed by atoms with Gasteiger partial charge in [0.25, 0.3) is 11.8 Å². The van der Waals surface area contributed by atoms with Crippen molar-refractivity contribution < 1.29 is 19.1 Å². The number of hydrogen-bond acceptors (Lipinski definition) is 5. The molecular formula is C29H19BrCl2N2O4S. The average Bonchev–Trinajstić information content (AvgIpc) is 2.92. The molecule has 1 saturated heterocycles. The molecule has 10 heteroatoms. The highest BCUT2D eigenvalue weighted by Gasteiger charge is 2.36. The molecule has 6 nitrogen and oxygen atoms in total. The van der Waals surface area contributed by atoms with Crippen LogP contribution in [-0.2, 0) is 16.2 Å². The summed E-state index contributed by atoms with van der Waals surface area (Å²) in [5.41, 5.74) is 1.64. The molecule has 5 rings (SSSR count). The van der Waals surface area contributed by atoms with E-state index in [1.54, 1.807) is 30.3 Å². The summed E-state index contributed by atoms with van der Waals surface area (Å²) in [5.74, 6) is -0.357. The first-order valence-electron chi connectivity index (χ1n) is 11.6. The van der Waals surface area contributed by atoms with Gasteiger partial charge in [-0.25, -0.2) is 0 Å². The summed E-state index contributed by atoms with van der Waals surface area (Å²) in [6.07, 6.45) is 1.45. The number of carbonyl (C=O) groups excluding carboxylic acids is 2. The van der Waals surface area contributed by atoms with E-state index >= 15 is 0 Å². The lowest BCUT2D eigenvalue weighted by Gasteiger charge is -2.29. The second-order valence-corrected chi connectivity index (χ2v) is 10.6. The van der Waals surface area contributed by atoms with Gasteiger partial charge in [-0.3, -0.25) is 19.8 Å². The molecule has 0 aliphatic carbocycles. The van der Waals surface area contributed by atoms with Crippen molar-refractivity contribution in [1.82, 2.24) is 5.32 Å². The number of hydrogen-bond donors (Lipinski definition) is 1. The third kappa shape index (κ3) is 5.51. The zero-order valence-electron chi connectivity index (χ0n) is 20.3. The van der Waals surface area contributed by atoms with Crippen LogP contribution in [0.2, 0.25) is 10.0 Å². The number of carbonyl (C=O) groups is 2. The van der Waals surface area contributed by atoms with E-state index in [0.717, 1.165) is 21.2 Å². The van der Waals surface area contributed by atoms with E-state index in [-0.39, 0.29) is 26.4 Å². The summed E-state index contributed by atoms with van der Waals surface area (Å²) in [6.45, 7) is 0.321. The van der Waals surface area contributed by atoms with E-state index in [1.165, 1.54) is 13.2 Å². The molecule has 1 N–H and O–H groups in total. The molecule has 0 aromatic heterocycles. The lowest BCUT2D eigenvalue weighted by atomic mass is 10.1. The SMILES string of the molecule is COc1cc(/C=C2\C(=O)NC(=S)N(c3cccc(Cl)c3Cl)C2=O)c(Br)cc1OCc1ccc2ccccc2c1. The molecule has 1 fully saturated rings. The van der Waals surface area contributed by atoms with E-state index in [4.69, 9.17) is 44.9 Å². The Morgan fingerprint density at radius 2 is 1.74 bits per heavy atom. The molecule has 4 aromatic carbocycles. The fraction of sp³-hybridized carbons (Fsp3) is 0.0690. The number of rotatable bonds is 6. The maximum Gasteiger partial charge on any atom is 0.270 e. The zero-order chi connectivity index (χ0) is 27.7. The number of methoxy groups -OCH3 is 1. The van der Waals surface area contributed by atoms with Gasteiger partial charge in [0.1, 0.15) is 12.2 Å². The zero-order valence-corrected chi connectivity index (χ0v) is 24.2. The van der Waals surface area contributed by atoms with Crippen molar-refractivity contribution in [1.29, 1.82) is 0 Å². The average molecular weight is 642 g/mol. The lowest BCUT2D eigenvalue weighted by Crippen LogP contribution is -2.54. The molecule has 1 aliphatic heterocycles. The topological polar surface area (TPSA) is 67.9 Å². The fourth-order valence-corrected chi connectivity index (χ4v) is 5.21. The Balaban J connectivity index is 1.44. The molecular weight excluding hydrogens is 623 g/mol. The van der Waals surface area contributed by atoms with E-state index in [0.29, 0.717) is 28.1 Å². The highest BCUT2D eigenvalue weighted by atomic mass is 79.9. The number of thiocarbonyl (C=S) groups is 1. The summed E-state index contributed by atoms with van der Waals surface area (Å²) in [4.78, 5) is 27.4. The number of anilines is 1. The molecule has 39 heavy (non-hydrogen) atoms. The number of benzene rings is 4. The van der Waals surface area contributed by atoms with Gasteiger partial charge in [-0.1, -0.05) is 81.6 Å². The van der Waals surface area contributed by atoms with Gasteiger partial charge in [-0.2, -0.15) is 0 Å². The van der Waals surface area contributed by atoms with E-state index < -0.39 is 11.8 Å². The summed E-state index contributed by atoms with van der Waals surface area (Å²) in [7, 11) is 1.52. The van der Waals surface area contributed by atoms with Crippen LogP contribution >= 0.6 is 51.3 Å². The minimum atomic E-state index is -0.643. The summed E-state index contributed by atoms with van der Waals surface area (Å²) in [6, 6.07) is 22.5. The maximum absolute atomic E-state index is 13.4. The Morgan fingerprint density at radius 1 is 0.974 bits per heavy atom. The third-order valence-corrected chi connectivity index (χ3v) is 7.85. The van der Waals surface area contributed by atoms with Gasteiger partial charge < -0.3 is 9.47 Å². The minimum absolute atomic E-state index is 0.0969. The van der Waals surface area contributed by atoms with Crippen molar-refractivity contribution in [3.05, 3.63) is 104 Å². The van der Waals surface area contributed by atoms with E-state index in [1.807, 2.05) is 24.3 Å². The van der Waals surface area contributed by atoms with E-state index in [9.17, 15) is 9.59 Å². The molecule has 2 amide bonds. The first-order valence-corrected chi connectivity index (χ1v) is 13.6. The molecule has 1 aliphatic rings. The molecule has 0 saturated carbocycles. The highest BCUT2D eigenvalue weighted by Crippen LogP contribution is 2.37. The number of nitrogens with one attached hydrogen (secondary N) is 1. The van der Waals surface area contributed by atoms with Crippen molar-refractivity contribution in [2.75, 3.05) is 12.0 Å². The van der Waals surface area contributed by atoms with Crippen LogP contribution in [0.25, 0.3) is 16.8 Å². The Kier molecular flexibility index (Phi) is 7.91. The van der Waals surface area contributed by atoms with Gasteiger partial charge in [-0.05, 0) is 70.5 Å². The van der Waals surface area contributed by atoms with Crippen LogP contribution in [0.15, 0.2) is 82.8 Å².